The monoisotopic (exact) mass is 413 g/mol. The van der Waals surface area contributed by atoms with Crippen LogP contribution in [0.15, 0.2) is 12.2 Å². The molecule has 3 amide bonds. The maximum atomic E-state index is 12.7. The molecule has 1 aromatic rings. The highest BCUT2D eigenvalue weighted by atomic mass is 32.1. The molecule has 9 heteroatoms. The summed E-state index contributed by atoms with van der Waals surface area (Å²) in [6.07, 6.45) is 4.81. The summed E-state index contributed by atoms with van der Waals surface area (Å²) < 4.78 is 4.98. The number of rotatable bonds is 5. The van der Waals surface area contributed by atoms with Gasteiger partial charge >= 0.3 is 5.97 Å². The number of amides is 3. The van der Waals surface area contributed by atoms with Crippen LogP contribution in [0.5, 0.6) is 0 Å². The Morgan fingerprint density at radius 3 is 2.45 bits per heavy atom. The van der Waals surface area contributed by atoms with Gasteiger partial charge in [-0.2, -0.15) is 5.26 Å². The van der Waals surface area contributed by atoms with E-state index in [4.69, 9.17) is 4.74 Å². The predicted octanol–water partition coefficient (Wildman–Crippen LogP) is 1.85. The van der Waals surface area contributed by atoms with Crippen molar-refractivity contribution in [1.82, 2.24) is 4.90 Å². The average Bonchev–Trinajstić information content (AvgIpc) is 3.42. The van der Waals surface area contributed by atoms with E-state index in [1.165, 1.54) is 0 Å². The molecule has 150 valence electrons. The van der Waals surface area contributed by atoms with Crippen molar-refractivity contribution < 1.29 is 23.9 Å². The topological polar surface area (TPSA) is 117 Å². The lowest BCUT2D eigenvalue weighted by Gasteiger charge is -2.16. The zero-order valence-electron chi connectivity index (χ0n) is 15.9. The number of hydrogen-bond acceptors (Lipinski definition) is 7. The second-order valence-electron chi connectivity index (χ2n) is 7.40. The van der Waals surface area contributed by atoms with Crippen molar-refractivity contribution in [1.29, 1.82) is 5.26 Å². The summed E-state index contributed by atoms with van der Waals surface area (Å²) in [5.74, 6) is -2.32. The largest absolute Gasteiger partial charge is 0.462 e. The van der Waals surface area contributed by atoms with E-state index in [1.807, 2.05) is 18.2 Å². The van der Waals surface area contributed by atoms with Crippen molar-refractivity contribution in [2.75, 3.05) is 18.5 Å². The van der Waals surface area contributed by atoms with Gasteiger partial charge in [0.1, 0.15) is 22.5 Å². The summed E-state index contributed by atoms with van der Waals surface area (Å²) in [4.78, 5) is 51.2. The van der Waals surface area contributed by atoms with Gasteiger partial charge in [0, 0.05) is 0 Å². The summed E-state index contributed by atoms with van der Waals surface area (Å²) >= 11 is 0.947. The molecule has 0 radical (unpaired) electrons. The zero-order chi connectivity index (χ0) is 20.9. The average molecular weight is 413 g/mol. The molecular formula is C20H19N3O5S. The first kappa shape index (κ1) is 19.3. The van der Waals surface area contributed by atoms with Gasteiger partial charge in [-0.25, -0.2) is 4.79 Å². The SMILES string of the molecule is CCOC(=O)c1sc(NC(=O)CN2C(=O)C3C4C=CC(C4)C3C2=O)c(C#N)c1C. The normalized spacial score (nSPS) is 26.6. The summed E-state index contributed by atoms with van der Waals surface area (Å²) in [6.45, 7) is 3.07. The van der Waals surface area contributed by atoms with E-state index in [0.29, 0.717) is 5.56 Å². The Morgan fingerprint density at radius 1 is 1.28 bits per heavy atom. The summed E-state index contributed by atoms with van der Waals surface area (Å²) in [7, 11) is 0. The van der Waals surface area contributed by atoms with Crippen molar-refractivity contribution in [2.24, 2.45) is 23.7 Å². The van der Waals surface area contributed by atoms with E-state index in [-0.39, 0.29) is 57.5 Å². The summed E-state index contributed by atoms with van der Waals surface area (Å²) in [6, 6.07) is 1.98. The number of carbonyl (C=O) groups excluding carboxylic acids is 4. The molecule has 0 spiro atoms. The van der Waals surface area contributed by atoms with E-state index in [1.54, 1.807) is 13.8 Å². The molecule has 29 heavy (non-hydrogen) atoms. The Morgan fingerprint density at radius 2 is 1.90 bits per heavy atom. The van der Waals surface area contributed by atoms with Gasteiger partial charge in [-0.1, -0.05) is 12.2 Å². The predicted molar refractivity (Wildman–Crippen MR) is 103 cm³/mol. The smallest absolute Gasteiger partial charge is 0.348 e. The maximum absolute atomic E-state index is 12.7. The maximum Gasteiger partial charge on any atom is 0.348 e. The van der Waals surface area contributed by atoms with Crippen LogP contribution < -0.4 is 5.32 Å². The number of imide groups is 1. The minimum Gasteiger partial charge on any atom is -0.462 e. The third-order valence-electron chi connectivity index (χ3n) is 5.84. The number of thiophene rings is 1. The highest BCUT2D eigenvalue weighted by molar-refractivity contribution is 7.18. The van der Waals surface area contributed by atoms with E-state index in [2.05, 4.69) is 5.32 Å². The third kappa shape index (κ3) is 2.95. The highest BCUT2D eigenvalue weighted by Crippen LogP contribution is 2.52. The second-order valence-corrected chi connectivity index (χ2v) is 8.42. The Hall–Kier alpha value is -2.99. The fourth-order valence-electron chi connectivity index (χ4n) is 4.56. The first-order chi connectivity index (χ1) is 13.9. The van der Waals surface area contributed by atoms with Crippen LogP contribution in [0, 0.1) is 41.9 Å². The number of ether oxygens (including phenoxy) is 1. The minimum atomic E-state index is -0.583. The number of fused-ring (bicyclic) bond motifs is 5. The van der Waals surface area contributed by atoms with E-state index >= 15 is 0 Å². The molecule has 1 saturated heterocycles. The van der Waals surface area contributed by atoms with Gasteiger partial charge in [-0.05, 0) is 37.7 Å². The van der Waals surface area contributed by atoms with Gasteiger partial charge in [0.05, 0.1) is 24.0 Å². The molecule has 4 atom stereocenters. The molecule has 2 bridgehead atoms. The molecule has 3 aliphatic rings. The van der Waals surface area contributed by atoms with Gasteiger partial charge in [-0.3, -0.25) is 19.3 Å². The molecule has 4 unspecified atom stereocenters. The fraction of sp³-hybridized carbons (Fsp3) is 0.450. The van der Waals surface area contributed by atoms with Crippen molar-refractivity contribution in [3.05, 3.63) is 28.2 Å². The van der Waals surface area contributed by atoms with E-state index in [9.17, 15) is 24.4 Å². The lowest BCUT2D eigenvalue weighted by Crippen LogP contribution is -2.39. The minimum absolute atomic E-state index is 0.0757. The first-order valence-corrected chi connectivity index (χ1v) is 10.2. The van der Waals surface area contributed by atoms with Gasteiger partial charge in [0.2, 0.25) is 17.7 Å². The molecule has 8 nitrogen and oxygen atoms in total. The lowest BCUT2D eigenvalue weighted by atomic mass is 9.85. The van der Waals surface area contributed by atoms with Crippen LogP contribution in [0.1, 0.15) is 34.1 Å². The van der Waals surface area contributed by atoms with Crippen molar-refractivity contribution in [2.45, 2.75) is 20.3 Å². The molecule has 1 aliphatic heterocycles. The molecule has 2 heterocycles. The highest BCUT2D eigenvalue weighted by Gasteiger charge is 2.59. The van der Waals surface area contributed by atoms with Crippen LogP contribution in [-0.2, 0) is 19.1 Å². The van der Waals surface area contributed by atoms with Crippen LogP contribution >= 0.6 is 11.3 Å². The second kappa shape index (κ2) is 7.12. The number of nitrogens with one attached hydrogen (secondary N) is 1. The Balaban J connectivity index is 1.49. The van der Waals surface area contributed by atoms with Crippen LogP contribution in [0.2, 0.25) is 0 Å². The molecule has 0 aromatic carbocycles. The molecular weight excluding hydrogens is 394 g/mol. The Labute approximate surface area is 171 Å². The Bertz CT molecular complexity index is 974. The molecule has 4 rings (SSSR count). The molecule has 1 aromatic heterocycles. The number of nitrogens with zero attached hydrogens (tertiary/aromatic N) is 2. The van der Waals surface area contributed by atoms with Gasteiger partial charge in [0.15, 0.2) is 0 Å². The number of hydrogen-bond donors (Lipinski definition) is 1. The van der Waals surface area contributed by atoms with Crippen molar-refractivity contribution in [3.8, 4) is 6.07 Å². The molecule has 1 N–H and O–H groups in total. The Kier molecular flexibility index (Phi) is 4.74. The molecule has 2 fully saturated rings. The number of anilines is 1. The number of likely N-dealkylation sites (tertiary alicyclic amines) is 1. The fourth-order valence-corrected chi connectivity index (χ4v) is 5.62. The van der Waals surface area contributed by atoms with Gasteiger partial charge in [-0.15, -0.1) is 11.3 Å². The van der Waals surface area contributed by atoms with Crippen LogP contribution in [0.4, 0.5) is 5.00 Å². The van der Waals surface area contributed by atoms with E-state index < -0.39 is 18.4 Å². The lowest BCUT2D eigenvalue weighted by molar-refractivity contribution is -0.143. The van der Waals surface area contributed by atoms with Crippen molar-refractivity contribution >= 4 is 40.0 Å². The quantitative estimate of drug-likeness (QED) is 0.447. The molecule has 2 aliphatic carbocycles. The first-order valence-electron chi connectivity index (χ1n) is 9.41. The van der Waals surface area contributed by atoms with Crippen molar-refractivity contribution in [3.63, 3.8) is 0 Å². The zero-order valence-corrected chi connectivity index (χ0v) is 16.7. The van der Waals surface area contributed by atoms with Crippen LogP contribution in [0.25, 0.3) is 0 Å². The number of nitriles is 1. The van der Waals surface area contributed by atoms with E-state index in [0.717, 1.165) is 22.7 Å². The summed E-state index contributed by atoms with van der Waals surface area (Å²) in [5, 5.41) is 12.2. The third-order valence-corrected chi connectivity index (χ3v) is 7.02. The van der Waals surface area contributed by atoms with Gasteiger partial charge < -0.3 is 10.1 Å². The number of esters is 1. The van der Waals surface area contributed by atoms with Crippen LogP contribution in [-0.4, -0.2) is 41.7 Å². The standard InChI is InChI=1S/C20H19N3O5S/c1-3-28-20(27)16-9(2)12(7-21)17(29-16)22-13(24)8-23-18(25)14-10-4-5-11(6-10)15(14)19(23)26/h4-5,10-11,14-15H,3,6,8H2,1-2H3,(H,22,24). The van der Waals surface area contributed by atoms with Crippen LogP contribution in [0.3, 0.4) is 0 Å². The number of carbonyl (C=O) groups is 4. The number of allylic oxidation sites excluding steroid dienone is 2. The molecule has 1 saturated carbocycles. The van der Waals surface area contributed by atoms with Gasteiger partial charge in [0.25, 0.3) is 0 Å². The summed E-state index contributed by atoms with van der Waals surface area (Å²) in [5.41, 5.74) is 0.598.